The van der Waals surface area contributed by atoms with Crippen molar-refractivity contribution in [1.29, 1.82) is 0 Å². The molecule has 0 atom stereocenters. The van der Waals surface area contributed by atoms with Crippen LogP contribution in [0.15, 0.2) is 48.8 Å². The molecule has 1 aliphatic heterocycles. The number of halogens is 3. The van der Waals surface area contributed by atoms with Gasteiger partial charge in [0, 0.05) is 23.1 Å². The minimum Gasteiger partial charge on any atom is -0.482 e. The molecule has 0 aliphatic carbocycles. The Morgan fingerprint density at radius 2 is 1.91 bits per heavy atom. The molecular formula is C21H19F3N4O4S. The molecule has 0 fully saturated rings. The maximum Gasteiger partial charge on any atom is 0.422 e. The second-order valence-electron chi connectivity index (χ2n) is 7.45. The fraction of sp³-hybridized carbons (Fsp3) is 0.238. The number of ether oxygens (including phenoxy) is 1. The lowest BCUT2D eigenvalue weighted by molar-refractivity contribution is -0.153. The highest BCUT2D eigenvalue weighted by Gasteiger charge is 2.35. The Bertz CT molecular complexity index is 1290. The van der Waals surface area contributed by atoms with Crippen LogP contribution < -0.4 is 10.1 Å². The summed E-state index contributed by atoms with van der Waals surface area (Å²) < 4.78 is 68.4. The number of H-pyrrole nitrogens is 1. The van der Waals surface area contributed by atoms with Crippen molar-refractivity contribution in [2.75, 3.05) is 24.7 Å². The Morgan fingerprint density at radius 3 is 2.58 bits per heavy atom. The minimum atomic E-state index is -4.56. The van der Waals surface area contributed by atoms with Crippen LogP contribution in [-0.4, -0.2) is 54.1 Å². The second kappa shape index (κ2) is 8.52. The molecule has 33 heavy (non-hydrogen) atoms. The van der Waals surface area contributed by atoms with Gasteiger partial charge in [-0.3, -0.25) is 9.78 Å². The maximum atomic E-state index is 13.0. The smallest absolute Gasteiger partial charge is 0.422 e. The van der Waals surface area contributed by atoms with Crippen LogP contribution in [0.25, 0.3) is 11.3 Å². The Kier molecular flexibility index (Phi) is 5.89. The first-order chi connectivity index (χ1) is 15.5. The Hall–Kier alpha value is -3.38. The van der Waals surface area contributed by atoms with Gasteiger partial charge in [-0.15, -0.1) is 0 Å². The number of hydrogen-bond donors (Lipinski definition) is 2. The summed E-state index contributed by atoms with van der Waals surface area (Å²) >= 11 is 0. The van der Waals surface area contributed by atoms with Gasteiger partial charge >= 0.3 is 6.18 Å². The molecule has 2 N–H and O–H groups in total. The SMILES string of the molecule is CS(=O)(=O)N1CC(=O)c2c([nH]c(-c3ccncc3OCC(F)(F)F)c2Nc2ccccc2)C1. The highest BCUT2D eigenvalue weighted by Crippen LogP contribution is 2.41. The van der Waals surface area contributed by atoms with Gasteiger partial charge in [-0.1, -0.05) is 18.2 Å². The molecule has 0 unspecified atom stereocenters. The maximum absolute atomic E-state index is 13.0. The van der Waals surface area contributed by atoms with Gasteiger partial charge in [0.05, 0.1) is 42.5 Å². The van der Waals surface area contributed by atoms with Crippen molar-refractivity contribution >= 4 is 27.2 Å². The van der Waals surface area contributed by atoms with E-state index in [4.69, 9.17) is 4.74 Å². The molecule has 0 radical (unpaired) electrons. The highest BCUT2D eigenvalue weighted by molar-refractivity contribution is 7.88. The van der Waals surface area contributed by atoms with Gasteiger partial charge in [-0.2, -0.15) is 17.5 Å². The largest absolute Gasteiger partial charge is 0.482 e. The highest BCUT2D eigenvalue weighted by atomic mass is 32.2. The lowest BCUT2D eigenvalue weighted by Gasteiger charge is -2.24. The first-order valence-electron chi connectivity index (χ1n) is 9.72. The zero-order valence-corrected chi connectivity index (χ0v) is 18.1. The lowest BCUT2D eigenvalue weighted by atomic mass is 10.0. The molecular weight excluding hydrogens is 461 g/mol. The number of para-hydroxylation sites is 1. The molecule has 8 nitrogen and oxygen atoms in total. The number of sulfonamides is 1. The average Bonchev–Trinajstić information content (AvgIpc) is 3.11. The van der Waals surface area contributed by atoms with Crippen LogP contribution in [0.5, 0.6) is 5.75 Å². The van der Waals surface area contributed by atoms with Gasteiger partial charge in [-0.25, -0.2) is 8.42 Å². The molecule has 2 aromatic heterocycles. The van der Waals surface area contributed by atoms with Gasteiger partial charge in [0.1, 0.15) is 5.75 Å². The number of hydrogen-bond acceptors (Lipinski definition) is 6. The van der Waals surface area contributed by atoms with Crippen LogP contribution in [0, 0.1) is 0 Å². The number of aromatic amines is 1. The van der Waals surface area contributed by atoms with E-state index in [2.05, 4.69) is 15.3 Å². The molecule has 3 aromatic rings. The van der Waals surface area contributed by atoms with Crippen molar-refractivity contribution in [1.82, 2.24) is 14.3 Å². The number of pyridine rings is 1. The average molecular weight is 480 g/mol. The van der Waals surface area contributed by atoms with E-state index in [-0.39, 0.29) is 35.7 Å². The number of rotatable bonds is 6. The van der Waals surface area contributed by atoms with Gasteiger partial charge in [0.2, 0.25) is 10.0 Å². The molecule has 4 rings (SSSR count). The summed E-state index contributed by atoms with van der Waals surface area (Å²) in [5, 5.41) is 3.14. The minimum absolute atomic E-state index is 0.0901. The first-order valence-corrected chi connectivity index (χ1v) is 11.6. The zero-order valence-electron chi connectivity index (χ0n) is 17.3. The van der Waals surface area contributed by atoms with Crippen molar-refractivity contribution in [2.24, 2.45) is 0 Å². The molecule has 0 saturated carbocycles. The molecule has 1 aliphatic rings. The zero-order chi connectivity index (χ0) is 23.8. The normalized spacial score (nSPS) is 14.7. The summed E-state index contributed by atoms with van der Waals surface area (Å²) in [7, 11) is -3.65. The van der Waals surface area contributed by atoms with E-state index in [1.54, 1.807) is 30.3 Å². The van der Waals surface area contributed by atoms with Crippen LogP contribution in [0.3, 0.4) is 0 Å². The number of carbonyl (C=O) groups is 1. The fourth-order valence-electron chi connectivity index (χ4n) is 3.54. The van der Waals surface area contributed by atoms with Gasteiger partial charge in [-0.05, 0) is 18.2 Å². The molecule has 3 heterocycles. The summed E-state index contributed by atoms with van der Waals surface area (Å²) in [5.74, 6) is -0.591. The standard InChI is InChI=1S/C21H19F3N4O4S/c1-33(30,31)28-10-15-18(16(29)11-28)20(26-13-5-3-2-4-6-13)19(27-15)14-7-8-25-9-17(14)32-12-21(22,23)24/h2-9,26-27H,10-12H2,1H3. The molecule has 0 spiro atoms. The van der Waals surface area contributed by atoms with E-state index in [1.165, 1.54) is 12.3 Å². The molecule has 174 valence electrons. The van der Waals surface area contributed by atoms with E-state index in [1.807, 2.05) is 0 Å². The van der Waals surface area contributed by atoms with Crippen LogP contribution in [-0.2, 0) is 16.6 Å². The third-order valence-electron chi connectivity index (χ3n) is 4.97. The van der Waals surface area contributed by atoms with Gasteiger partial charge in [0.15, 0.2) is 12.4 Å². The molecule has 0 saturated heterocycles. The van der Waals surface area contributed by atoms with Crippen molar-refractivity contribution in [3.05, 3.63) is 60.0 Å². The molecule has 0 amide bonds. The quantitative estimate of drug-likeness (QED) is 0.557. The number of ketones is 1. The summed E-state index contributed by atoms with van der Waals surface area (Å²) in [6.45, 7) is -1.96. The number of anilines is 2. The predicted molar refractivity (Wildman–Crippen MR) is 115 cm³/mol. The van der Waals surface area contributed by atoms with E-state index in [0.717, 1.165) is 16.8 Å². The Balaban J connectivity index is 1.85. The number of Topliss-reactive ketones (excluding diaryl/α,β-unsaturated/α-hetero) is 1. The monoisotopic (exact) mass is 480 g/mol. The van der Waals surface area contributed by atoms with Crippen LogP contribution in [0.2, 0.25) is 0 Å². The Morgan fingerprint density at radius 1 is 1.18 bits per heavy atom. The van der Waals surface area contributed by atoms with Crippen molar-refractivity contribution < 1.29 is 31.1 Å². The van der Waals surface area contributed by atoms with Gasteiger partial charge in [0.25, 0.3) is 0 Å². The van der Waals surface area contributed by atoms with Crippen LogP contribution in [0.1, 0.15) is 16.1 Å². The number of alkyl halides is 3. The number of nitrogens with zero attached hydrogens (tertiary/aromatic N) is 2. The summed E-state index contributed by atoms with van der Waals surface area (Å²) in [5.41, 5.74) is 2.03. The van der Waals surface area contributed by atoms with E-state index < -0.39 is 28.6 Å². The molecule has 12 heteroatoms. The second-order valence-corrected chi connectivity index (χ2v) is 9.43. The van der Waals surface area contributed by atoms with E-state index in [9.17, 15) is 26.4 Å². The number of carbonyl (C=O) groups excluding carboxylic acids is 1. The topological polar surface area (TPSA) is 104 Å². The third kappa shape index (κ3) is 5.01. The third-order valence-corrected chi connectivity index (χ3v) is 6.16. The van der Waals surface area contributed by atoms with Crippen LogP contribution in [0.4, 0.5) is 24.5 Å². The number of aromatic nitrogens is 2. The lowest BCUT2D eigenvalue weighted by Crippen LogP contribution is -2.38. The number of benzene rings is 1. The summed E-state index contributed by atoms with van der Waals surface area (Å²) in [4.78, 5) is 19.9. The predicted octanol–water partition coefficient (Wildman–Crippen LogP) is 3.72. The summed E-state index contributed by atoms with van der Waals surface area (Å²) in [6, 6.07) is 10.3. The van der Waals surface area contributed by atoms with Crippen molar-refractivity contribution in [3.8, 4) is 17.0 Å². The Labute approximate surface area is 187 Å². The van der Waals surface area contributed by atoms with Crippen molar-refractivity contribution in [2.45, 2.75) is 12.7 Å². The van der Waals surface area contributed by atoms with E-state index in [0.29, 0.717) is 17.1 Å². The van der Waals surface area contributed by atoms with Gasteiger partial charge < -0.3 is 15.0 Å². The number of fused-ring (bicyclic) bond motifs is 1. The van der Waals surface area contributed by atoms with Crippen LogP contribution >= 0.6 is 0 Å². The van der Waals surface area contributed by atoms with Crippen molar-refractivity contribution in [3.63, 3.8) is 0 Å². The first kappa shape index (κ1) is 22.8. The number of nitrogens with one attached hydrogen (secondary N) is 2. The fourth-order valence-corrected chi connectivity index (χ4v) is 4.25. The van der Waals surface area contributed by atoms with E-state index >= 15 is 0 Å². The molecule has 1 aromatic carbocycles. The summed E-state index contributed by atoms with van der Waals surface area (Å²) in [6.07, 6.45) is -1.02. The molecule has 0 bridgehead atoms.